The Kier molecular flexibility index (Phi) is 5.55. The maximum Gasteiger partial charge on any atom is 0.220 e. The number of morpholine rings is 1. The predicted octanol–water partition coefficient (Wildman–Crippen LogP) is 0.373. The molecule has 1 saturated heterocycles. The fraction of sp³-hybridized carbons (Fsp3) is 0.733. The molecule has 0 aromatic carbocycles. The zero-order chi connectivity index (χ0) is 16.2. The number of hydrogen-bond donors (Lipinski definition) is 2. The zero-order valence-corrected chi connectivity index (χ0v) is 13.6. The molecule has 22 heavy (non-hydrogen) atoms. The molecular formula is C15H26N4O3. The van der Waals surface area contributed by atoms with Gasteiger partial charge in [0.05, 0.1) is 25.3 Å². The number of amides is 1. The smallest absolute Gasteiger partial charge is 0.220 e. The van der Waals surface area contributed by atoms with E-state index in [-0.39, 0.29) is 12.3 Å². The van der Waals surface area contributed by atoms with Gasteiger partial charge >= 0.3 is 0 Å². The first-order valence-corrected chi connectivity index (χ1v) is 7.66. The molecule has 7 heteroatoms. The summed E-state index contributed by atoms with van der Waals surface area (Å²) < 4.78 is 11.1. The molecule has 0 spiro atoms. The van der Waals surface area contributed by atoms with Crippen LogP contribution in [0.15, 0.2) is 0 Å². The molecule has 124 valence electrons. The van der Waals surface area contributed by atoms with E-state index in [1.165, 1.54) is 0 Å². The van der Waals surface area contributed by atoms with Gasteiger partial charge in [-0.2, -0.15) is 0 Å². The number of nitrogens with two attached hydrogens (primary N) is 1. The van der Waals surface area contributed by atoms with Crippen LogP contribution in [0.25, 0.3) is 0 Å². The SMILES string of the molecule is CCc1nc(CN2CCO[C@@](COC)(CC(N)=O)C2)c(C)[nH]1. The highest BCUT2D eigenvalue weighted by molar-refractivity contribution is 5.75. The normalized spacial score (nSPS) is 22.9. The molecule has 1 aliphatic heterocycles. The van der Waals surface area contributed by atoms with Gasteiger partial charge in [-0.05, 0) is 6.92 Å². The van der Waals surface area contributed by atoms with E-state index in [0.717, 1.165) is 36.7 Å². The van der Waals surface area contributed by atoms with Crippen LogP contribution >= 0.6 is 0 Å². The maximum absolute atomic E-state index is 11.4. The number of rotatable bonds is 7. The van der Waals surface area contributed by atoms with Crippen molar-refractivity contribution in [3.63, 3.8) is 0 Å². The summed E-state index contributed by atoms with van der Waals surface area (Å²) in [5, 5.41) is 0. The summed E-state index contributed by atoms with van der Waals surface area (Å²) in [7, 11) is 1.61. The molecule has 1 aromatic rings. The molecule has 3 N–H and O–H groups in total. The number of hydrogen-bond acceptors (Lipinski definition) is 5. The monoisotopic (exact) mass is 310 g/mol. The molecular weight excluding hydrogens is 284 g/mol. The summed E-state index contributed by atoms with van der Waals surface area (Å²) >= 11 is 0. The first kappa shape index (κ1) is 16.9. The molecule has 0 bridgehead atoms. The first-order valence-electron chi connectivity index (χ1n) is 7.66. The van der Waals surface area contributed by atoms with E-state index in [0.29, 0.717) is 19.8 Å². The molecule has 2 heterocycles. The molecule has 1 amide bonds. The average Bonchev–Trinajstić information content (AvgIpc) is 2.79. The number of aromatic nitrogens is 2. The molecule has 0 saturated carbocycles. The fourth-order valence-corrected chi connectivity index (χ4v) is 2.98. The minimum absolute atomic E-state index is 0.164. The van der Waals surface area contributed by atoms with Crippen molar-refractivity contribution in [2.24, 2.45) is 5.73 Å². The van der Waals surface area contributed by atoms with Crippen LogP contribution in [-0.2, 0) is 27.2 Å². The molecule has 0 radical (unpaired) electrons. The van der Waals surface area contributed by atoms with Crippen molar-refractivity contribution in [3.8, 4) is 0 Å². The number of H-pyrrole nitrogens is 1. The molecule has 1 atom stereocenters. The van der Waals surface area contributed by atoms with Crippen molar-refractivity contribution in [3.05, 3.63) is 17.2 Å². The Bertz CT molecular complexity index is 513. The quantitative estimate of drug-likeness (QED) is 0.759. The molecule has 1 fully saturated rings. The van der Waals surface area contributed by atoms with Gasteiger partial charge < -0.3 is 20.2 Å². The van der Waals surface area contributed by atoms with Crippen LogP contribution < -0.4 is 5.73 Å². The van der Waals surface area contributed by atoms with Crippen molar-refractivity contribution in [1.29, 1.82) is 0 Å². The Morgan fingerprint density at radius 1 is 1.59 bits per heavy atom. The Morgan fingerprint density at radius 3 is 2.95 bits per heavy atom. The Labute approximate surface area is 131 Å². The van der Waals surface area contributed by atoms with Gasteiger partial charge in [0.15, 0.2) is 0 Å². The lowest BCUT2D eigenvalue weighted by Crippen LogP contribution is -2.55. The zero-order valence-electron chi connectivity index (χ0n) is 13.6. The van der Waals surface area contributed by atoms with Crippen LogP contribution in [0, 0.1) is 6.92 Å². The average molecular weight is 310 g/mol. The predicted molar refractivity (Wildman–Crippen MR) is 82.4 cm³/mol. The molecule has 1 aromatic heterocycles. The van der Waals surface area contributed by atoms with Gasteiger partial charge in [-0.15, -0.1) is 0 Å². The Hall–Kier alpha value is -1.44. The second-order valence-corrected chi connectivity index (χ2v) is 5.93. The van der Waals surface area contributed by atoms with Crippen molar-refractivity contribution in [1.82, 2.24) is 14.9 Å². The van der Waals surface area contributed by atoms with Crippen LogP contribution in [0.2, 0.25) is 0 Å². The summed E-state index contributed by atoms with van der Waals surface area (Å²) in [6, 6.07) is 0. The summed E-state index contributed by atoms with van der Waals surface area (Å²) in [5.74, 6) is 0.629. The summed E-state index contributed by atoms with van der Waals surface area (Å²) in [6.45, 7) is 7.17. The number of methoxy groups -OCH3 is 1. The molecule has 2 rings (SSSR count). The van der Waals surface area contributed by atoms with Crippen LogP contribution in [-0.4, -0.2) is 59.8 Å². The van der Waals surface area contributed by atoms with Gasteiger partial charge in [-0.25, -0.2) is 4.98 Å². The van der Waals surface area contributed by atoms with Crippen molar-refractivity contribution < 1.29 is 14.3 Å². The topological polar surface area (TPSA) is 93.5 Å². The highest BCUT2D eigenvalue weighted by Crippen LogP contribution is 2.24. The number of nitrogens with one attached hydrogen (secondary N) is 1. The van der Waals surface area contributed by atoms with Gasteiger partial charge in [-0.1, -0.05) is 6.92 Å². The van der Waals surface area contributed by atoms with E-state index in [1.807, 2.05) is 6.92 Å². The van der Waals surface area contributed by atoms with Crippen LogP contribution in [0.3, 0.4) is 0 Å². The van der Waals surface area contributed by atoms with E-state index in [4.69, 9.17) is 15.2 Å². The lowest BCUT2D eigenvalue weighted by Gasteiger charge is -2.41. The number of carbonyl (C=O) groups is 1. The molecule has 7 nitrogen and oxygen atoms in total. The number of nitrogens with zero attached hydrogens (tertiary/aromatic N) is 2. The van der Waals surface area contributed by atoms with E-state index in [9.17, 15) is 4.79 Å². The minimum atomic E-state index is -0.656. The number of carbonyl (C=O) groups excluding carboxylic acids is 1. The van der Waals surface area contributed by atoms with Crippen molar-refractivity contribution >= 4 is 5.91 Å². The van der Waals surface area contributed by atoms with Crippen LogP contribution in [0.4, 0.5) is 0 Å². The lowest BCUT2D eigenvalue weighted by atomic mass is 9.97. The van der Waals surface area contributed by atoms with E-state index >= 15 is 0 Å². The van der Waals surface area contributed by atoms with Gasteiger partial charge in [-0.3, -0.25) is 9.69 Å². The number of ether oxygens (including phenoxy) is 2. The second-order valence-electron chi connectivity index (χ2n) is 5.93. The fourth-order valence-electron chi connectivity index (χ4n) is 2.98. The molecule has 1 aliphatic rings. The third kappa shape index (κ3) is 4.06. The Morgan fingerprint density at radius 2 is 2.36 bits per heavy atom. The van der Waals surface area contributed by atoms with Gasteiger partial charge in [0.25, 0.3) is 0 Å². The number of aryl methyl sites for hydroxylation is 2. The van der Waals surface area contributed by atoms with Crippen LogP contribution in [0.5, 0.6) is 0 Å². The number of imidazole rings is 1. The summed E-state index contributed by atoms with van der Waals surface area (Å²) in [6.07, 6.45) is 1.05. The highest BCUT2D eigenvalue weighted by atomic mass is 16.5. The lowest BCUT2D eigenvalue weighted by molar-refractivity contribution is -0.154. The minimum Gasteiger partial charge on any atom is -0.382 e. The highest BCUT2D eigenvalue weighted by Gasteiger charge is 2.38. The van der Waals surface area contributed by atoms with Crippen molar-refractivity contribution in [2.75, 3.05) is 33.4 Å². The molecule has 0 unspecified atom stereocenters. The summed E-state index contributed by atoms with van der Waals surface area (Å²) in [5.41, 5.74) is 6.85. The van der Waals surface area contributed by atoms with E-state index in [2.05, 4.69) is 21.8 Å². The third-order valence-corrected chi connectivity index (χ3v) is 3.97. The van der Waals surface area contributed by atoms with E-state index in [1.54, 1.807) is 7.11 Å². The maximum atomic E-state index is 11.4. The van der Waals surface area contributed by atoms with E-state index < -0.39 is 5.60 Å². The summed E-state index contributed by atoms with van der Waals surface area (Å²) in [4.78, 5) is 21.5. The number of aromatic amines is 1. The molecule has 0 aliphatic carbocycles. The standard InChI is InChI=1S/C15H26N4O3/c1-4-14-17-11(2)12(18-14)8-19-5-6-22-15(9-19,10-21-3)7-13(16)20/h4-10H2,1-3H3,(H2,16,20)(H,17,18)/t15-/m0/s1. The van der Waals surface area contributed by atoms with Crippen molar-refractivity contribution in [2.45, 2.75) is 38.8 Å². The number of primary amides is 1. The van der Waals surface area contributed by atoms with Gasteiger partial charge in [0.2, 0.25) is 5.91 Å². The largest absolute Gasteiger partial charge is 0.382 e. The second kappa shape index (κ2) is 7.21. The first-order chi connectivity index (χ1) is 10.5. The Balaban J connectivity index is 2.07. The third-order valence-electron chi connectivity index (χ3n) is 3.97. The van der Waals surface area contributed by atoms with Gasteiger partial charge in [0, 0.05) is 38.9 Å². The van der Waals surface area contributed by atoms with Crippen LogP contribution in [0.1, 0.15) is 30.6 Å². The van der Waals surface area contributed by atoms with Gasteiger partial charge in [0.1, 0.15) is 11.4 Å².